The Labute approximate surface area is 109 Å². The molecular weight excluding hydrogens is 226 g/mol. The molecule has 0 atom stereocenters. The molecule has 100 valence electrons. The number of hydrogen-bond acceptors (Lipinski definition) is 2. The van der Waals surface area contributed by atoms with Gasteiger partial charge in [-0.3, -0.25) is 9.69 Å². The standard InChI is InChI=1S/C15H23NO2/c1-11(2)13-6-5-12(3)14(9-13)7-8-16(4)10-15(17)18/h5-6,9,11H,7-8,10H2,1-4H3,(H,17,18). The van der Waals surface area contributed by atoms with E-state index in [0.29, 0.717) is 5.92 Å². The van der Waals surface area contributed by atoms with Crippen LogP contribution in [-0.4, -0.2) is 36.1 Å². The molecule has 3 heteroatoms. The van der Waals surface area contributed by atoms with E-state index in [1.165, 1.54) is 16.7 Å². The highest BCUT2D eigenvalue weighted by molar-refractivity contribution is 5.69. The lowest BCUT2D eigenvalue weighted by molar-refractivity contribution is -0.137. The van der Waals surface area contributed by atoms with Crippen LogP contribution in [0.25, 0.3) is 0 Å². The molecule has 0 aromatic heterocycles. The summed E-state index contributed by atoms with van der Waals surface area (Å²) < 4.78 is 0. The number of rotatable bonds is 6. The maximum Gasteiger partial charge on any atom is 0.317 e. The largest absolute Gasteiger partial charge is 0.480 e. The first-order valence-corrected chi connectivity index (χ1v) is 6.40. The Morgan fingerprint density at radius 3 is 2.61 bits per heavy atom. The number of carboxylic acid groups (broad SMARTS) is 1. The number of carbonyl (C=O) groups is 1. The molecule has 0 heterocycles. The van der Waals surface area contributed by atoms with Gasteiger partial charge in [0.1, 0.15) is 0 Å². The maximum atomic E-state index is 10.6. The van der Waals surface area contributed by atoms with Crippen molar-refractivity contribution < 1.29 is 9.90 Å². The summed E-state index contributed by atoms with van der Waals surface area (Å²) >= 11 is 0. The summed E-state index contributed by atoms with van der Waals surface area (Å²) in [6.45, 7) is 7.35. The van der Waals surface area contributed by atoms with Gasteiger partial charge in [-0.1, -0.05) is 32.0 Å². The van der Waals surface area contributed by atoms with E-state index in [4.69, 9.17) is 5.11 Å². The second-order valence-corrected chi connectivity index (χ2v) is 5.22. The molecule has 0 aliphatic carbocycles. The smallest absolute Gasteiger partial charge is 0.317 e. The van der Waals surface area contributed by atoms with Crippen LogP contribution in [0.5, 0.6) is 0 Å². The van der Waals surface area contributed by atoms with Gasteiger partial charge in [0.2, 0.25) is 0 Å². The number of carboxylic acids is 1. The van der Waals surface area contributed by atoms with Crippen molar-refractivity contribution in [3.63, 3.8) is 0 Å². The van der Waals surface area contributed by atoms with E-state index in [-0.39, 0.29) is 6.54 Å². The zero-order valence-electron chi connectivity index (χ0n) is 11.7. The van der Waals surface area contributed by atoms with E-state index in [2.05, 4.69) is 39.0 Å². The van der Waals surface area contributed by atoms with E-state index in [1.807, 2.05) is 11.9 Å². The summed E-state index contributed by atoms with van der Waals surface area (Å²) in [5.74, 6) is -0.244. The fourth-order valence-electron chi connectivity index (χ4n) is 1.94. The molecule has 0 amide bonds. The van der Waals surface area contributed by atoms with Gasteiger partial charge in [0, 0.05) is 6.54 Å². The fourth-order valence-corrected chi connectivity index (χ4v) is 1.94. The van der Waals surface area contributed by atoms with Gasteiger partial charge in [-0.25, -0.2) is 0 Å². The van der Waals surface area contributed by atoms with E-state index >= 15 is 0 Å². The summed E-state index contributed by atoms with van der Waals surface area (Å²) in [5.41, 5.74) is 3.94. The molecule has 0 saturated heterocycles. The third-order valence-electron chi connectivity index (χ3n) is 3.21. The first-order valence-electron chi connectivity index (χ1n) is 6.40. The van der Waals surface area contributed by atoms with E-state index in [9.17, 15) is 4.79 Å². The molecule has 1 aromatic carbocycles. The maximum absolute atomic E-state index is 10.6. The molecule has 3 nitrogen and oxygen atoms in total. The van der Waals surface area contributed by atoms with Crippen molar-refractivity contribution in [2.45, 2.75) is 33.1 Å². The van der Waals surface area contributed by atoms with Crippen LogP contribution in [0, 0.1) is 6.92 Å². The second kappa shape index (κ2) is 6.55. The van der Waals surface area contributed by atoms with Gasteiger partial charge >= 0.3 is 5.97 Å². The van der Waals surface area contributed by atoms with E-state index in [1.54, 1.807) is 0 Å². The average molecular weight is 249 g/mol. The summed E-state index contributed by atoms with van der Waals surface area (Å²) in [5, 5.41) is 8.71. The van der Waals surface area contributed by atoms with Gasteiger partial charge in [0.25, 0.3) is 0 Å². The van der Waals surface area contributed by atoms with Crippen molar-refractivity contribution in [3.05, 3.63) is 34.9 Å². The Kier molecular flexibility index (Phi) is 5.35. The number of benzene rings is 1. The highest BCUT2D eigenvalue weighted by Crippen LogP contribution is 2.19. The zero-order chi connectivity index (χ0) is 13.7. The molecule has 0 radical (unpaired) electrons. The van der Waals surface area contributed by atoms with Gasteiger partial charge in [-0.05, 0) is 43.0 Å². The summed E-state index contributed by atoms with van der Waals surface area (Å²) in [7, 11) is 1.84. The first kappa shape index (κ1) is 14.7. The fraction of sp³-hybridized carbons (Fsp3) is 0.533. The lowest BCUT2D eigenvalue weighted by atomic mass is 9.96. The van der Waals surface area contributed by atoms with Gasteiger partial charge < -0.3 is 5.11 Å². The summed E-state index contributed by atoms with van der Waals surface area (Å²) in [6.07, 6.45) is 0.899. The van der Waals surface area contributed by atoms with Gasteiger partial charge in [-0.15, -0.1) is 0 Å². The van der Waals surface area contributed by atoms with E-state index < -0.39 is 5.97 Å². The van der Waals surface area contributed by atoms with Gasteiger partial charge in [0.05, 0.1) is 6.54 Å². The number of aliphatic carboxylic acids is 1. The predicted molar refractivity (Wildman–Crippen MR) is 74.1 cm³/mol. The molecule has 1 N–H and O–H groups in total. The minimum absolute atomic E-state index is 0.100. The third kappa shape index (κ3) is 4.49. The van der Waals surface area contributed by atoms with Crippen LogP contribution in [-0.2, 0) is 11.2 Å². The molecule has 0 aliphatic heterocycles. The van der Waals surface area contributed by atoms with Crippen LogP contribution in [0.3, 0.4) is 0 Å². The van der Waals surface area contributed by atoms with E-state index in [0.717, 1.165) is 13.0 Å². The number of likely N-dealkylation sites (N-methyl/N-ethyl adjacent to an activating group) is 1. The zero-order valence-corrected chi connectivity index (χ0v) is 11.7. The number of hydrogen-bond donors (Lipinski definition) is 1. The summed E-state index contributed by atoms with van der Waals surface area (Å²) in [4.78, 5) is 12.4. The number of nitrogens with zero attached hydrogens (tertiary/aromatic N) is 1. The van der Waals surface area contributed by atoms with Crippen LogP contribution in [0.1, 0.15) is 36.5 Å². The Bertz CT molecular complexity index is 413. The van der Waals surface area contributed by atoms with Crippen molar-refractivity contribution in [3.8, 4) is 0 Å². The Morgan fingerprint density at radius 2 is 2.06 bits per heavy atom. The van der Waals surface area contributed by atoms with Crippen molar-refractivity contribution in [1.82, 2.24) is 4.90 Å². The third-order valence-corrected chi connectivity index (χ3v) is 3.21. The monoisotopic (exact) mass is 249 g/mol. The number of aryl methyl sites for hydroxylation is 1. The predicted octanol–water partition coefficient (Wildman–Crippen LogP) is 2.68. The molecule has 0 aliphatic rings. The molecule has 0 bridgehead atoms. The lowest BCUT2D eigenvalue weighted by Crippen LogP contribution is -2.27. The first-order chi connectivity index (χ1) is 8.40. The minimum Gasteiger partial charge on any atom is -0.480 e. The van der Waals surface area contributed by atoms with Crippen LogP contribution in [0.2, 0.25) is 0 Å². The molecule has 1 aromatic rings. The minimum atomic E-state index is -0.773. The SMILES string of the molecule is Cc1ccc(C(C)C)cc1CCN(C)CC(=O)O. The van der Waals surface area contributed by atoms with Crippen LogP contribution in [0.15, 0.2) is 18.2 Å². The van der Waals surface area contributed by atoms with Crippen molar-refractivity contribution in [2.24, 2.45) is 0 Å². The molecule has 0 unspecified atom stereocenters. The highest BCUT2D eigenvalue weighted by atomic mass is 16.4. The van der Waals surface area contributed by atoms with Gasteiger partial charge in [-0.2, -0.15) is 0 Å². The lowest BCUT2D eigenvalue weighted by Gasteiger charge is -2.16. The molecule has 0 spiro atoms. The highest BCUT2D eigenvalue weighted by Gasteiger charge is 2.07. The molecule has 0 fully saturated rings. The molecule has 0 saturated carbocycles. The normalized spacial score (nSPS) is 11.2. The topological polar surface area (TPSA) is 40.5 Å². The van der Waals surface area contributed by atoms with Crippen molar-refractivity contribution in [2.75, 3.05) is 20.1 Å². The van der Waals surface area contributed by atoms with Crippen LogP contribution < -0.4 is 0 Å². The van der Waals surface area contributed by atoms with Crippen LogP contribution >= 0.6 is 0 Å². The van der Waals surface area contributed by atoms with Gasteiger partial charge in [0.15, 0.2) is 0 Å². The molecule has 1 rings (SSSR count). The van der Waals surface area contributed by atoms with Crippen molar-refractivity contribution >= 4 is 5.97 Å². The van der Waals surface area contributed by atoms with Crippen molar-refractivity contribution in [1.29, 1.82) is 0 Å². The molecule has 18 heavy (non-hydrogen) atoms. The Balaban J connectivity index is 2.66. The summed E-state index contributed by atoms with van der Waals surface area (Å²) in [6, 6.07) is 6.57. The Morgan fingerprint density at radius 1 is 1.39 bits per heavy atom. The quantitative estimate of drug-likeness (QED) is 0.842. The molecular formula is C15H23NO2. The Hall–Kier alpha value is -1.35. The average Bonchev–Trinajstić information content (AvgIpc) is 2.26. The van der Waals surface area contributed by atoms with Crippen LogP contribution in [0.4, 0.5) is 0 Å². The second-order valence-electron chi connectivity index (χ2n) is 5.22.